The maximum atomic E-state index is 12.3. The fourth-order valence-corrected chi connectivity index (χ4v) is 5.03. The van der Waals surface area contributed by atoms with E-state index in [9.17, 15) is 4.79 Å². The summed E-state index contributed by atoms with van der Waals surface area (Å²) in [6.07, 6.45) is 0.841. The average molecular weight is 344 g/mol. The zero-order chi connectivity index (χ0) is 16.3. The molecule has 2 saturated carbocycles. The Hall–Kier alpha value is -0.170. The lowest BCUT2D eigenvalue weighted by Gasteiger charge is -2.40. The second-order valence-corrected chi connectivity index (χ2v) is 9.84. The minimum atomic E-state index is -0.544. The van der Waals surface area contributed by atoms with Gasteiger partial charge in [-0.3, -0.25) is 4.79 Å². The van der Waals surface area contributed by atoms with E-state index in [4.69, 9.17) is 26.4 Å². The van der Waals surface area contributed by atoms with Crippen LogP contribution in [0.1, 0.15) is 41.0 Å². The molecule has 0 bridgehead atoms. The molecule has 1 heterocycles. The molecule has 0 aromatic carbocycles. The molecular formula is C16H24O4S2. The SMILES string of the molecule is CC(C)(C)COC(=S)SC1C(=O)[C@@H]2CC3OC(C)(C)OC3[C@H]12. The summed E-state index contributed by atoms with van der Waals surface area (Å²) in [5, 5.41) is -0.134. The van der Waals surface area contributed by atoms with Gasteiger partial charge in [0, 0.05) is 11.8 Å². The molecular weight excluding hydrogens is 320 g/mol. The van der Waals surface area contributed by atoms with Gasteiger partial charge < -0.3 is 14.2 Å². The Morgan fingerprint density at radius 2 is 2.09 bits per heavy atom. The Bertz CT molecular complexity index is 497. The molecule has 0 aromatic heterocycles. The summed E-state index contributed by atoms with van der Waals surface area (Å²) >= 11 is 6.68. The first-order valence-electron chi connectivity index (χ1n) is 7.80. The number of carbonyl (C=O) groups is 1. The van der Waals surface area contributed by atoms with Gasteiger partial charge >= 0.3 is 0 Å². The number of hydrogen-bond donors (Lipinski definition) is 0. The van der Waals surface area contributed by atoms with Crippen molar-refractivity contribution in [2.45, 2.75) is 64.3 Å². The molecule has 0 N–H and O–H groups in total. The van der Waals surface area contributed by atoms with Crippen molar-refractivity contribution in [3.05, 3.63) is 0 Å². The molecule has 1 aliphatic heterocycles. The fraction of sp³-hybridized carbons (Fsp3) is 0.875. The number of hydrogen-bond acceptors (Lipinski definition) is 6. The van der Waals surface area contributed by atoms with Crippen LogP contribution in [0.2, 0.25) is 0 Å². The normalized spacial score (nSPS) is 39.1. The maximum absolute atomic E-state index is 12.3. The van der Waals surface area contributed by atoms with Gasteiger partial charge in [-0.05, 0) is 37.9 Å². The Balaban J connectivity index is 1.59. The van der Waals surface area contributed by atoms with E-state index in [0.29, 0.717) is 11.0 Å². The molecule has 1 saturated heterocycles. The summed E-state index contributed by atoms with van der Waals surface area (Å²) in [7, 11) is 0. The summed E-state index contributed by atoms with van der Waals surface area (Å²) in [4.78, 5) is 12.3. The van der Waals surface area contributed by atoms with Crippen LogP contribution >= 0.6 is 24.0 Å². The molecule has 0 amide bonds. The van der Waals surface area contributed by atoms with Crippen LogP contribution in [0.15, 0.2) is 0 Å². The van der Waals surface area contributed by atoms with Gasteiger partial charge in [-0.1, -0.05) is 32.5 Å². The topological polar surface area (TPSA) is 44.8 Å². The molecule has 3 aliphatic rings. The van der Waals surface area contributed by atoms with Crippen molar-refractivity contribution in [1.29, 1.82) is 0 Å². The van der Waals surface area contributed by atoms with E-state index in [-0.39, 0.29) is 40.5 Å². The summed E-state index contributed by atoms with van der Waals surface area (Å²) < 4.78 is 18.0. The largest absolute Gasteiger partial charge is 0.478 e. The molecule has 2 aliphatic carbocycles. The Kier molecular flexibility index (Phi) is 4.12. The van der Waals surface area contributed by atoms with Gasteiger partial charge in [-0.25, -0.2) is 0 Å². The minimum absolute atomic E-state index is 0.0145. The minimum Gasteiger partial charge on any atom is -0.478 e. The standard InChI is InChI=1S/C16H24O4S2/c1-15(2,3)7-18-14(21)22-13-10-8(11(13)17)6-9-12(10)20-16(4,5)19-9/h8-10,12-13H,6-7H2,1-5H3/t8-,9?,10-,12?,13?/m1/s1. The van der Waals surface area contributed by atoms with E-state index in [2.05, 4.69) is 20.8 Å². The summed E-state index contributed by atoms with van der Waals surface area (Å²) in [6, 6.07) is 0. The monoisotopic (exact) mass is 344 g/mol. The molecule has 0 aromatic rings. The van der Waals surface area contributed by atoms with Gasteiger partial charge in [-0.2, -0.15) is 0 Å². The smallest absolute Gasteiger partial charge is 0.220 e. The van der Waals surface area contributed by atoms with Gasteiger partial charge in [0.15, 0.2) is 5.79 Å². The van der Waals surface area contributed by atoms with Crippen LogP contribution in [0, 0.1) is 17.3 Å². The number of carbonyl (C=O) groups excluding carboxylic acids is 1. The number of thiocarbonyl (C=S) groups is 1. The van der Waals surface area contributed by atoms with Crippen LogP contribution in [0.3, 0.4) is 0 Å². The Labute approximate surface area is 141 Å². The zero-order valence-electron chi connectivity index (χ0n) is 13.8. The summed E-state index contributed by atoms with van der Waals surface area (Å²) in [6.45, 7) is 10.7. The highest BCUT2D eigenvalue weighted by Crippen LogP contribution is 2.55. The van der Waals surface area contributed by atoms with Crippen LogP contribution in [0.25, 0.3) is 0 Å². The molecule has 6 heteroatoms. The summed E-state index contributed by atoms with van der Waals surface area (Å²) in [5.41, 5.74) is 0.0572. The Morgan fingerprint density at radius 1 is 1.41 bits per heavy atom. The van der Waals surface area contributed by atoms with E-state index in [1.165, 1.54) is 11.8 Å². The number of thioether (sulfide) groups is 1. The van der Waals surface area contributed by atoms with Crippen LogP contribution in [-0.4, -0.2) is 40.0 Å². The first kappa shape index (κ1) is 16.7. The predicted octanol–water partition coefficient (Wildman–Crippen LogP) is 3.17. The quantitative estimate of drug-likeness (QED) is 0.717. The van der Waals surface area contributed by atoms with Crippen molar-refractivity contribution in [2.75, 3.05) is 6.61 Å². The lowest BCUT2D eigenvalue weighted by molar-refractivity contribution is -0.170. The second kappa shape index (κ2) is 5.43. The molecule has 3 fully saturated rings. The van der Waals surface area contributed by atoms with Crippen LogP contribution in [0.5, 0.6) is 0 Å². The van der Waals surface area contributed by atoms with Crippen LogP contribution < -0.4 is 0 Å². The van der Waals surface area contributed by atoms with Crippen LogP contribution in [0.4, 0.5) is 0 Å². The van der Waals surface area contributed by atoms with Crippen molar-refractivity contribution in [1.82, 2.24) is 0 Å². The highest BCUT2D eigenvalue weighted by atomic mass is 32.2. The van der Waals surface area contributed by atoms with Crippen molar-refractivity contribution in [3.8, 4) is 0 Å². The third kappa shape index (κ3) is 3.07. The molecule has 0 radical (unpaired) electrons. The van der Waals surface area contributed by atoms with Gasteiger partial charge in [0.2, 0.25) is 4.38 Å². The first-order valence-corrected chi connectivity index (χ1v) is 9.09. The van der Waals surface area contributed by atoms with Gasteiger partial charge in [0.05, 0.1) is 24.1 Å². The second-order valence-electron chi connectivity index (χ2n) is 8.10. The van der Waals surface area contributed by atoms with Crippen molar-refractivity contribution < 1.29 is 19.0 Å². The number of ketones is 1. The molecule has 0 spiro atoms. The average Bonchev–Trinajstić information content (AvgIpc) is 2.82. The van der Waals surface area contributed by atoms with Gasteiger partial charge in [-0.15, -0.1) is 0 Å². The number of rotatable bonds is 2. The molecule has 3 unspecified atom stereocenters. The molecule has 3 rings (SSSR count). The lowest BCUT2D eigenvalue weighted by Crippen LogP contribution is -2.52. The number of fused-ring (bicyclic) bond motifs is 3. The molecule has 22 heavy (non-hydrogen) atoms. The Morgan fingerprint density at radius 3 is 2.73 bits per heavy atom. The van der Waals surface area contributed by atoms with Gasteiger partial charge in [0.1, 0.15) is 5.78 Å². The molecule has 124 valence electrons. The first-order chi connectivity index (χ1) is 10.1. The number of ether oxygens (including phenoxy) is 3. The van der Waals surface area contributed by atoms with Crippen molar-refractivity contribution in [2.24, 2.45) is 17.3 Å². The predicted molar refractivity (Wildman–Crippen MR) is 89.8 cm³/mol. The van der Waals surface area contributed by atoms with E-state index >= 15 is 0 Å². The maximum Gasteiger partial charge on any atom is 0.220 e. The fourth-order valence-electron chi connectivity index (χ4n) is 3.53. The van der Waals surface area contributed by atoms with Crippen molar-refractivity contribution in [3.63, 3.8) is 0 Å². The lowest BCUT2D eigenvalue weighted by atomic mass is 9.73. The third-order valence-electron chi connectivity index (χ3n) is 4.39. The summed E-state index contributed by atoms with van der Waals surface area (Å²) in [5.74, 6) is 0.0165. The van der Waals surface area contributed by atoms with E-state index in [0.717, 1.165) is 6.42 Å². The number of Topliss-reactive ketones (excluding diaryl/α,β-unsaturated/α-hetero) is 1. The highest BCUT2D eigenvalue weighted by Gasteiger charge is 2.65. The third-order valence-corrected chi connectivity index (χ3v) is 5.91. The molecule has 5 atom stereocenters. The zero-order valence-corrected chi connectivity index (χ0v) is 15.4. The van der Waals surface area contributed by atoms with Crippen LogP contribution in [-0.2, 0) is 19.0 Å². The highest BCUT2D eigenvalue weighted by molar-refractivity contribution is 8.23. The van der Waals surface area contributed by atoms with Crippen molar-refractivity contribution >= 4 is 34.1 Å². The van der Waals surface area contributed by atoms with E-state index in [1.54, 1.807) is 0 Å². The van der Waals surface area contributed by atoms with Gasteiger partial charge in [0.25, 0.3) is 0 Å². The van der Waals surface area contributed by atoms with E-state index in [1.807, 2.05) is 13.8 Å². The molecule has 4 nitrogen and oxygen atoms in total. The van der Waals surface area contributed by atoms with E-state index < -0.39 is 5.79 Å².